The molecule has 0 saturated carbocycles. The van der Waals surface area contributed by atoms with Crippen LogP contribution >= 0.6 is 0 Å². The third kappa shape index (κ3) is 4.09. The molecule has 3 nitrogen and oxygen atoms in total. The van der Waals surface area contributed by atoms with Crippen LogP contribution < -0.4 is 5.32 Å². The number of hydrogen-bond donors (Lipinski definition) is 1. The Bertz CT molecular complexity index is 165. The summed E-state index contributed by atoms with van der Waals surface area (Å²) in [6, 6.07) is 0.666. The normalized spacial score (nSPS) is 30.4. The summed E-state index contributed by atoms with van der Waals surface area (Å²) in [4.78, 5) is 2.57. The molecule has 1 heterocycles. The molecule has 1 N–H and O–H groups in total. The van der Waals surface area contributed by atoms with Crippen LogP contribution in [0, 0.1) is 0 Å². The Hall–Kier alpha value is -0.120. The maximum absolute atomic E-state index is 5.75. The third-order valence-electron chi connectivity index (χ3n) is 3.07. The van der Waals surface area contributed by atoms with E-state index in [0.717, 1.165) is 26.2 Å². The summed E-state index contributed by atoms with van der Waals surface area (Å²) in [5.74, 6) is 0. The van der Waals surface area contributed by atoms with Gasteiger partial charge in [0.1, 0.15) is 0 Å². The van der Waals surface area contributed by atoms with Gasteiger partial charge in [-0.3, -0.25) is 4.90 Å². The Kier molecular flexibility index (Phi) is 5.58. The highest BCUT2D eigenvalue weighted by molar-refractivity contribution is 4.80. The number of nitrogens with zero attached hydrogens (tertiary/aromatic N) is 1. The molecule has 0 aromatic carbocycles. The standard InChI is InChI=1S/C12H26N2O/c1-5-12(7-13-6-2)14-8-10(3)15-11(4)9-14/h10-13H,5-9H2,1-4H3. The van der Waals surface area contributed by atoms with Crippen LogP contribution in [-0.2, 0) is 4.74 Å². The maximum Gasteiger partial charge on any atom is 0.0678 e. The topological polar surface area (TPSA) is 24.5 Å². The molecule has 0 radical (unpaired) electrons. The minimum atomic E-state index is 0.379. The number of likely N-dealkylation sites (N-methyl/N-ethyl adjacent to an activating group) is 1. The predicted molar refractivity (Wildman–Crippen MR) is 64.2 cm³/mol. The Morgan fingerprint density at radius 2 is 1.87 bits per heavy atom. The van der Waals surface area contributed by atoms with Gasteiger partial charge in [0.25, 0.3) is 0 Å². The zero-order valence-corrected chi connectivity index (χ0v) is 10.6. The quantitative estimate of drug-likeness (QED) is 0.750. The SMILES string of the molecule is CCNCC(CC)N1CC(C)OC(C)C1. The van der Waals surface area contributed by atoms with Gasteiger partial charge in [-0.25, -0.2) is 0 Å². The maximum atomic E-state index is 5.75. The van der Waals surface area contributed by atoms with Gasteiger partial charge in [0, 0.05) is 25.7 Å². The molecular weight excluding hydrogens is 188 g/mol. The molecule has 1 fully saturated rings. The fourth-order valence-electron chi connectivity index (χ4n) is 2.36. The summed E-state index contributed by atoms with van der Waals surface area (Å²) in [6.07, 6.45) is 1.97. The van der Waals surface area contributed by atoms with Crippen LogP contribution in [0.4, 0.5) is 0 Å². The zero-order valence-electron chi connectivity index (χ0n) is 10.6. The molecule has 0 bridgehead atoms. The van der Waals surface area contributed by atoms with Crippen molar-refractivity contribution < 1.29 is 4.74 Å². The summed E-state index contributed by atoms with van der Waals surface area (Å²) in [7, 11) is 0. The van der Waals surface area contributed by atoms with Crippen LogP contribution in [-0.4, -0.2) is 49.3 Å². The van der Waals surface area contributed by atoms with Crippen molar-refractivity contribution in [1.29, 1.82) is 0 Å². The molecule has 0 aromatic rings. The third-order valence-corrected chi connectivity index (χ3v) is 3.07. The van der Waals surface area contributed by atoms with Gasteiger partial charge in [-0.15, -0.1) is 0 Å². The van der Waals surface area contributed by atoms with E-state index in [1.165, 1.54) is 6.42 Å². The van der Waals surface area contributed by atoms with Crippen molar-refractivity contribution in [3.05, 3.63) is 0 Å². The average Bonchev–Trinajstić information content (AvgIpc) is 2.17. The van der Waals surface area contributed by atoms with Crippen LogP contribution in [0.2, 0.25) is 0 Å². The lowest BCUT2D eigenvalue weighted by molar-refractivity contribution is -0.0803. The Morgan fingerprint density at radius 3 is 2.33 bits per heavy atom. The molecule has 1 aliphatic heterocycles. The summed E-state index contributed by atoms with van der Waals surface area (Å²) in [6.45, 7) is 13.1. The number of rotatable bonds is 5. The molecule has 3 heteroatoms. The van der Waals surface area contributed by atoms with Crippen molar-refractivity contribution in [2.75, 3.05) is 26.2 Å². The number of morpholine rings is 1. The van der Waals surface area contributed by atoms with Crippen LogP contribution in [0.25, 0.3) is 0 Å². The Balaban J connectivity index is 2.43. The van der Waals surface area contributed by atoms with Crippen LogP contribution in [0.15, 0.2) is 0 Å². The van der Waals surface area contributed by atoms with E-state index in [-0.39, 0.29) is 0 Å². The molecule has 3 unspecified atom stereocenters. The van der Waals surface area contributed by atoms with E-state index in [1.807, 2.05) is 0 Å². The van der Waals surface area contributed by atoms with Crippen molar-refractivity contribution in [2.24, 2.45) is 0 Å². The first-order chi connectivity index (χ1) is 7.17. The fourth-order valence-corrected chi connectivity index (χ4v) is 2.36. The summed E-state index contributed by atoms with van der Waals surface area (Å²) >= 11 is 0. The molecule has 0 aliphatic carbocycles. The highest BCUT2D eigenvalue weighted by Crippen LogP contribution is 2.14. The largest absolute Gasteiger partial charge is 0.373 e. The van der Waals surface area contributed by atoms with Gasteiger partial charge in [-0.2, -0.15) is 0 Å². The van der Waals surface area contributed by atoms with E-state index >= 15 is 0 Å². The number of hydrogen-bond acceptors (Lipinski definition) is 3. The molecule has 0 amide bonds. The van der Waals surface area contributed by atoms with Crippen LogP contribution in [0.5, 0.6) is 0 Å². The molecular formula is C12H26N2O. The first kappa shape index (κ1) is 12.9. The molecule has 1 saturated heterocycles. The van der Waals surface area contributed by atoms with Crippen molar-refractivity contribution in [2.45, 2.75) is 52.4 Å². The first-order valence-electron chi connectivity index (χ1n) is 6.27. The van der Waals surface area contributed by atoms with Gasteiger partial charge in [-0.05, 0) is 26.8 Å². The van der Waals surface area contributed by atoms with Crippen molar-refractivity contribution >= 4 is 0 Å². The smallest absolute Gasteiger partial charge is 0.0678 e. The van der Waals surface area contributed by atoms with Gasteiger partial charge in [0.05, 0.1) is 12.2 Å². The van der Waals surface area contributed by atoms with Gasteiger partial charge in [-0.1, -0.05) is 13.8 Å². The van der Waals surface area contributed by atoms with Crippen LogP contribution in [0.1, 0.15) is 34.1 Å². The molecule has 0 aromatic heterocycles. The molecule has 15 heavy (non-hydrogen) atoms. The minimum absolute atomic E-state index is 0.379. The van der Waals surface area contributed by atoms with Gasteiger partial charge >= 0.3 is 0 Å². The Labute approximate surface area is 94.2 Å². The van der Waals surface area contributed by atoms with Crippen molar-refractivity contribution in [3.8, 4) is 0 Å². The van der Waals surface area contributed by atoms with Crippen molar-refractivity contribution in [1.82, 2.24) is 10.2 Å². The van der Waals surface area contributed by atoms with E-state index in [9.17, 15) is 0 Å². The second kappa shape index (κ2) is 6.46. The number of ether oxygens (including phenoxy) is 1. The van der Waals surface area contributed by atoms with Gasteiger partial charge < -0.3 is 10.1 Å². The monoisotopic (exact) mass is 214 g/mol. The van der Waals surface area contributed by atoms with Crippen molar-refractivity contribution in [3.63, 3.8) is 0 Å². The Morgan fingerprint density at radius 1 is 1.27 bits per heavy atom. The molecule has 1 aliphatic rings. The van der Waals surface area contributed by atoms with E-state index in [0.29, 0.717) is 18.2 Å². The summed E-state index contributed by atoms with van der Waals surface area (Å²) in [5, 5.41) is 3.44. The highest BCUT2D eigenvalue weighted by atomic mass is 16.5. The van der Waals surface area contributed by atoms with Crippen LogP contribution in [0.3, 0.4) is 0 Å². The van der Waals surface area contributed by atoms with Gasteiger partial charge in [0.2, 0.25) is 0 Å². The van der Waals surface area contributed by atoms with Gasteiger partial charge in [0.15, 0.2) is 0 Å². The molecule has 3 atom stereocenters. The lowest BCUT2D eigenvalue weighted by atomic mass is 10.1. The highest BCUT2D eigenvalue weighted by Gasteiger charge is 2.26. The zero-order chi connectivity index (χ0) is 11.3. The molecule has 1 rings (SSSR count). The summed E-state index contributed by atoms with van der Waals surface area (Å²) < 4.78 is 5.75. The fraction of sp³-hybridized carbons (Fsp3) is 1.00. The average molecular weight is 214 g/mol. The summed E-state index contributed by atoms with van der Waals surface area (Å²) in [5.41, 5.74) is 0. The van der Waals surface area contributed by atoms with E-state index in [4.69, 9.17) is 4.74 Å². The molecule has 0 spiro atoms. The number of nitrogens with one attached hydrogen (secondary N) is 1. The predicted octanol–water partition coefficient (Wildman–Crippen LogP) is 1.48. The second-order valence-electron chi connectivity index (χ2n) is 4.58. The first-order valence-corrected chi connectivity index (χ1v) is 6.27. The van der Waals surface area contributed by atoms with E-state index in [1.54, 1.807) is 0 Å². The lowest BCUT2D eigenvalue weighted by Gasteiger charge is -2.40. The van der Waals surface area contributed by atoms with E-state index in [2.05, 4.69) is 37.9 Å². The minimum Gasteiger partial charge on any atom is -0.373 e. The van der Waals surface area contributed by atoms with E-state index < -0.39 is 0 Å². The molecule has 90 valence electrons. The second-order valence-corrected chi connectivity index (χ2v) is 4.58. The lowest BCUT2D eigenvalue weighted by Crippen LogP contribution is -2.52.